The highest BCUT2D eigenvalue weighted by Gasteiger charge is 2.40. The molecule has 4 atom stereocenters. The Bertz CT molecular complexity index is 2180. The topological polar surface area (TPSA) is 195 Å². The second-order valence-electron chi connectivity index (χ2n) is 16.7. The zero-order chi connectivity index (χ0) is 46.9. The molecule has 0 spiro atoms. The number of esters is 2. The number of carboxylic acids is 2. The van der Waals surface area contributed by atoms with Gasteiger partial charge in [-0.25, -0.2) is 4.79 Å². The Balaban J connectivity index is 1.95. The standard InChI is InChI=1S/C48H60O12S2/c1-31(17-13-19-33(3)21-23-38-35(5)25-37(26-47(38,7)8)59-43(52)30-62(58)46(56)45(54)55)15-11-12-16-32(2)18-14-20-34(4)22-24-39-36(6)44(53)40(27-48(39,9)10)60-42(51)29-61(57)28-41(49)50/h11-24,37,40H,25-30H2,1-10H3,(H,49,50)(H,54,55). The van der Waals surface area contributed by atoms with E-state index in [1.54, 1.807) is 6.92 Å². The van der Waals surface area contributed by atoms with Gasteiger partial charge in [0.15, 0.2) is 11.9 Å². The van der Waals surface area contributed by atoms with Gasteiger partial charge in [0.2, 0.25) is 0 Å². The molecule has 14 heteroatoms. The van der Waals surface area contributed by atoms with Gasteiger partial charge in [0.05, 0.1) is 0 Å². The second kappa shape index (κ2) is 24.3. The molecule has 0 bridgehead atoms. The van der Waals surface area contributed by atoms with Crippen LogP contribution in [0.3, 0.4) is 0 Å². The van der Waals surface area contributed by atoms with Crippen LogP contribution in [0.2, 0.25) is 0 Å². The zero-order valence-corrected chi connectivity index (χ0v) is 38.9. The van der Waals surface area contributed by atoms with Gasteiger partial charge in [-0.15, -0.1) is 0 Å². The molecule has 0 aliphatic heterocycles. The highest BCUT2D eigenvalue weighted by atomic mass is 32.2. The number of ether oxygens (including phenoxy) is 2. The molecule has 0 amide bonds. The zero-order valence-electron chi connectivity index (χ0n) is 37.3. The number of ketones is 1. The van der Waals surface area contributed by atoms with Crippen molar-refractivity contribution >= 4 is 56.4 Å². The quantitative estimate of drug-likeness (QED) is 0.0765. The minimum absolute atomic E-state index is 0.243. The predicted molar refractivity (Wildman–Crippen MR) is 243 cm³/mol. The number of carbonyl (C=O) groups is 6. The first kappa shape index (κ1) is 52.8. The summed E-state index contributed by atoms with van der Waals surface area (Å²) in [4.78, 5) is 70.4. The molecule has 0 saturated heterocycles. The molecule has 0 aromatic carbocycles. The van der Waals surface area contributed by atoms with Crippen LogP contribution in [0.1, 0.15) is 88.5 Å². The van der Waals surface area contributed by atoms with Crippen molar-refractivity contribution < 1.29 is 56.9 Å². The van der Waals surface area contributed by atoms with E-state index < -0.39 is 85.5 Å². The van der Waals surface area contributed by atoms with Gasteiger partial charge in [0.25, 0.3) is 0 Å². The molecule has 2 aliphatic carbocycles. The van der Waals surface area contributed by atoms with E-state index >= 15 is 0 Å². The minimum Gasteiger partial charge on any atom is -0.481 e. The van der Waals surface area contributed by atoms with Crippen molar-refractivity contribution in [3.63, 3.8) is 0 Å². The lowest BCUT2D eigenvalue weighted by atomic mass is 9.71. The van der Waals surface area contributed by atoms with E-state index in [0.717, 1.165) is 39.0 Å². The van der Waals surface area contributed by atoms with Crippen molar-refractivity contribution in [2.24, 2.45) is 10.8 Å². The van der Waals surface area contributed by atoms with Crippen molar-refractivity contribution in [1.82, 2.24) is 0 Å². The number of hydrogen-bond donors (Lipinski definition) is 2. The summed E-state index contributed by atoms with van der Waals surface area (Å²) in [6.45, 7) is 19.6. The molecule has 2 rings (SSSR count). The minimum atomic E-state index is -2.48. The molecular weight excluding hydrogens is 833 g/mol. The SMILES string of the molecule is CC(C=CC=C(C)C=CC1=C(C)CC(OC(=O)CS(=O)C(=O)C(=O)O)CC1(C)C)=CC=CC=C(C)C=CC=C(C)C=CC1=C(C)C(=O)C(OC(=O)CS(=O)CC(=O)O)CC1(C)C. The van der Waals surface area contributed by atoms with Crippen molar-refractivity contribution in [1.29, 1.82) is 0 Å². The normalized spacial score (nSPS) is 21.4. The molecule has 0 heterocycles. The van der Waals surface area contributed by atoms with Gasteiger partial charge >= 0.3 is 29.0 Å². The Kier molecular flexibility index (Phi) is 20.7. The number of aliphatic carboxylic acids is 2. The van der Waals surface area contributed by atoms with Gasteiger partial charge in [-0.3, -0.25) is 32.4 Å². The van der Waals surface area contributed by atoms with Crippen LogP contribution in [0.25, 0.3) is 0 Å². The first-order valence-electron chi connectivity index (χ1n) is 20.0. The Morgan fingerprint density at radius 1 is 0.661 bits per heavy atom. The van der Waals surface area contributed by atoms with Crippen LogP contribution in [0.15, 0.2) is 130 Å². The van der Waals surface area contributed by atoms with Gasteiger partial charge in [-0.1, -0.05) is 141 Å². The summed E-state index contributed by atoms with van der Waals surface area (Å²) in [5.41, 5.74) is 6.72. The third kappa shape index (κ3) is 17.9. The maximum absolute atomic E-state index is 13.1. The number of rotatable bonds is 18. The number of hydrogen-bond acceptors (Lipinski definition) is 10. The van der Waals surface area contributed by atoms with Crippen LogP contribution in [0.5, 0.6) is 0 Å². The monoisotopic (exact) mass is 892 g/mol. The third-order valence-corrected chi connectivity index (χ3v) is 12.2. The molecule has 0 aromatic rings. The first-order valence-corrected chi connectivity index (χ1v) is 22.8. The van der Waals surface area contributed by atoms with Crippen LogP contribution in [0.4, 0.5) is 0 Å². The summed E-state index contributed by atoms with van der Waals surface area (Å²) in [5.74, 6) is -7.23. The summed E-state index contributed by atoms with van der Waals surface area (Å²) >= 11 is 0. The fraction of sp³-hybridized carbons (Fsp3) is 0.417. The molecule has 336 valence electrons. The average molecular weight is 893 g/mol. The number of carbonyl (C=O) groups excluding carboxylic acids is 4. The lowest BCUT2D eigenvalue weighted by Crippen LogP contribution is -2.39. The summed E-state index contributed by atoms with van der Waals surface area (Å²) < 4.78 is 34.4. The highest BCUT2D eigenvalue weighted by Crippen LogP contribution is 2.43. The van der Waals surface area contributed by atoms with Crippen molar-refractivity contribution in [2.75, 3.05) is 17.3 Å². The molecule has 4 unspecified atom stereocenters. The van der Waals surface area contributed by atoms with Gasteiger partial charge in [-0.05, 0) is 75.5 Å². The van der Waals surface area contributed by atoms with Crippen molar-refractivity contribution in [3.05, 3.63) is 130 Å². The number of Topliss-reactive ketones (excluding diaryl/α,β-unsaturated/α-hetero) is 1. The van der Waals surface area contributed by atoms with Crippen molar-refractivity contribution in [3.8, 4) is 0 Å². The molecule has 0 fully saturated rings. The largest absolute Gasteiger partial charge is 0.481 e. The van der Waals surface area contributed by atoms with Gasteiger partial charge in [0.1, 0.15) is 34.2 Å². The van der Waals surface area contributed by atoms with Crippen LogP contribution >= 0.6 is 0 Å². The van der Waals surface area contributed by atoms with E-state index in [-0.39, 0.29) is 17.6 Å². The van der Waals surface area contributed by atoms with E-state index in [4.69, 9.17) is 19.7 Å². The van der Waals surface area contributed by atoms with Gasteiger partial charge < -0.3 is 19.7 Å². The Morgan fingerprint density at radius 2 is 1.13 bits per heavy atom. The maximum Gasteiger partial charge on any atom is 0.386 e. The summed E-state index contributed by atoms with van der Waals surface area (Å²) in [6.07, 6.45) is 27.5. The summed E-state index contributed by atoms with van der Waals surface area (Å²) in [5, 5.41) is 15.9. The van der Waals surface area contributed by atoms with Gasteiger partial charge in [-0.2, -0.15) is 0 Å². The third-order valence-electron chi connectivity index (χ3n) is 10.0. The lowest BCUT2D eigenvalue weighted by molar-refractivity contribution is -0.153. The van der Waals surface area contributed by atoms with Crippen molar-refractivity contribution in [2.45, 2.75) is 101 Å². The van der Waals surface area contributed by atoms with Crippen LogP contribution < -0.4 is 0 Å². The molecule has 12 nitrogen and oxygen atoms in total. The van der Waals surface area contributed by atoms with E-state index in [2.05, 4.69) is 6.08 Å². The summed E-state index contributed by atoms with van der Waals surface area (Å²) in [7, 11) is -4.40. The van der Waals surface area contributed by atoms with E-state index in [0.29, 0.717) is 18.4 Å². The van der Waals surface area contributed by atoms with Crippen LogP contribution in [-0.2, 0) is 59.8 Å². The molecular formula is C48H60O12S2. The maximum atomic E-state index is 13.1. The lowest BCUT2D eigenvalue weighted by Gasteiger charge is -2.37. The number of allylic oxidation sites excluding steroid dienone is 20. The predicted octanol–water partition coefficient (Wildman–Crippen LogP) is 8.02. The second-order valence-corrected chi connectivity index (χ2v) is 19.5. The summed E-state index contributed by atoms with van der Waals surface area (Å²) in [6, 6.07) is 0. The smallest absolute Gasteiger partial charge is 0.386 e. The number of carboxylic acid groups (broad SMARTS) is 2. The molecule has 0 saturated carbocycles. The van der Waals surface area contributed by atoms with Crippen LogP contribution in [0, 0.1) is 10.8 Å². The molecule has 2 N–H and O–H groups in total. The highest BCUT2D eigenvalue weighted by molar-refractivity contribution is 8.02. The van der Waals surface area contributed by atoms with Gasteiger partial charge in [0, 0.05) is 23.6 Å². The molecule has 62 heavy (non-hydrogen) atoms. The fourth-order valence-electron chi connectivity index (χ4n) is 7.00. The Hall–Kier alpha value is -5.34. The fourth-order valence-corrected chi connectivity index (χ4v) is 8.31. The van der Waals surface area contributed by atoms with Crippen LogP contribution in [-0.4, -0.2) is 82.9 Å². The van der Waals surface area contributed by atoms with E-state index in [1.807, 2.05) is 141 Å². The molecule has 0 aromatic heterocycles. The molecule has 2 aliphatic rings. The average Bonchev–Trinajstić information content (AvgIpc) is 3.13. The Labute approximate surface area is 370 Å². The Morgan fingerprint density at radius 3 is 1.63 bits per heavy atom. The first-order chi connectivity index (χ1) is 28.8. The molecule has 0 radical (unpaired) electrons. The van der Waals surface area contributed by atoms with E-state index in [9.17, 15) is 37.2 Å². The van der Waals surface area contributed by atoms with E-state index in [1.165, 1.54) is 0 Å².